The molecule has 8 nitrogen and oxygen atoms in total. The van der Waals surface area contributed by atoms with Crippen LogP contribution in [0.15, 0.2) is 18.2 Å². The zero-order valence-corrected chi connectivity index (χ0v) is 22.6. The molecule has 0 spiro atoms. The van der Waals surface area contributed by atoms with Crippen molar-refractivity contribution in [2.45, 2.75) is 89.6 Å². The minimum Gasteiger partial charge on any atom is -0.481 e. The largest absolute Gasteiger partial charge is 0.481 e. The lowest BCUT2D eigenvalue weighted by molar-refractivity contribution is -0.160. The molecule has 35 heavy (non-hydrogen) atoms. The molecule has 196 valence electrons. The topological polar surface area (TPSA) is 119 Å². The molecule has 1 unspecified atom stereocenters. The number of esters is 1. The highest BCUT2D eigenvalue weighted by atomic mass is 28.4. The van der Waals surface area contributed by atoms with E-state index < -0.39 is 49.5 Å². The Morgan fingerprint density at radius 2 is 1.86 bits per heavy atom. The van der Waals surface area contributed by atoms with E-state index in [0.29, 0.717) is 31.6 Å². The predicted octanol–water partition coefficient (Wildman–Crippen LogP) is 4.18. The van der Waals surface area contributed by atoms with Gasteiger partial charge in [0.15, 0.2) is 8.32 Å². The fraction of sp³-hybridized carbons (Fsp3) is 0.640. The molecule has 1 aromatic rings. The van der Waals surface area contributed by atoms with Crippen LogP contribution >= 0.6 is 0 Å². The second kappa shape index (κ2) is 11.1. The van der Waals surface area contributed by atoms with Gasteiger partial charge < -0.3 is 24.9 Å². The molecule has 0 saturated carbocycles. The maximum absolute atomic E-state index is 15.2. The van der Waals surface area contributed by atoms with Crippen molar-refractivity contribution in [1.29, 1.82) is 0 Å². The molecule has 10 heteroatoms. The van der Waals surface area contributed by atoms with Crippen LogP contribution in [0.5, 0.6) is 0 Å². The standard InChI is InChI=1S/C25H39FN2O6Si/c1-24(2,3)33-22(31)16-25(34-35(4,5)6)11-13-28(14-12-25)20-9-7-17(15-19(20)26)18(23(27)32)8-10-21(29)30/h7,9,15,18H,8,10-14,16H2,1-6H3,(H2,27,32)(H,29,30)/i18D. The summed E-state index contributed by atoms with van der Waals surface area (Å²) in [6.07, 6.45) is 0.313. The lowest BCUT2D eigenvalue weighted by Crippen LogP contribution is -2.52. The predicted molar refractivity (Wildman–Crippen MR) is 134 cm³/mol. The number of rotatable bonds is 10. The summed E-state index contributed by atoms with van der Waals surface area (Å²) in [5.74, 6) is -5.22. The third-order valence-electron chi connectivity index (χ3n) is 5.61. The molecule has 0 radical (unpaired) electrons. The number of primary amides is 1. The van der Waals surface area contributed by atoms with Crippen molar-refractivity contribution in [3.8, 4) is 0 Å². The van der Waals surface area contributed by atoms with Crippen molar-refractivity contribution in [3.63, 3.8) is 0 Å². The van der Waals surface area contributed by atoms with Gasteiger partial charge in [-0.15, -0.1) is 0 Å². The molecule has 1 aliphatic heterocycles. The molecule has 1 aromatic carbocycles. The van der Waals surface area contributed by atoms with Gasteiger partial charge in [0.2, 0.25) is 5.91 Å². The van der Waals surface area contributed by atoms with Crippen LogP contribution in [-0.4, -0.2) is 55.6 Å². The Hall–Kier alpha value is -2.46. The fourth-order valence-corrected chi connectivity index (χ4v) is 5.93. The Morgan fingerprint density at radius 1 is 1.26 bits per heavy atom. The van der Waals surface area contributed by atoms with Crippen molar-refractivity contribution in [2.75, 3.05) is 18.0 Å². The van der Waals surface area contributed by atoms with Crippen LogP contribution in [0, 0.1) is 5.82 Å². The number of aliphatic carboxylic acids is 1. The maximum atomic E-state index is 15.2. The molecule has 1 fully saturated rings. The summed E-state index contributed by atoms with van der Waals surface area (Å²) >= 11 is 0. The second-order valence-corrected chi connectivity index (χ2v) is 15.5. The number of amides is 1. The third kappa shape index (κ3) is 8.92. The van der Waals surface area contributed by atoms with Crippen molar-refractivity contribution in [2.24, 2.45) is 5.73 Å². The van der Waals surface area contributed by atoms with Crippen LogP contribution in [0.25, 0.3) is 0 Å². The smallest absolute Gasteiger partial charge is 0.309 e. The third-order valence-corrected chi connectivity index (χ3v) is 6.65. The highest BCUT2D eigenvalue weighted by Crippen LogP contribution is 2.37. The number of carboxylic acids is 1. The van der Waals surface area contributed by atoms with Crippen molar-refractivity contribution < 1.29 is 34.4 Å². The zero-order chi connectivity index (χ0) is 27.5. The number of piperidine rings is 1. The summed E-state index contributed by atoms with van der Waals surface area (Å²) < 4.78 is 35.6. The van der Waals surface area contributed by atoms with Crippen LogP contribution in [0.4, 0.5) is 10.1 Å². The number of carboxylic acid groups (broad SMARTS) is 1. The van der Waals surface area contributed by atoms with Gasteiger partial charge in [-0.1, -0.05) is 6.07 Å². The van der Waals surface area contributed by atoms with Gasteiger partial charge >= 0.3 is 11.9 Å². The van der Waals surface area contributed by atoms with Gasteiger partial charge in [0.05, 0.1) is 23.6 Å². The van der Waals surface area contributed by atoms with Gasteiger partial charge in [-0.3, -0.25) is 14.4 Å². The molecule has 1 aliphatic rings. The van der Waals surface area contributed by atoms with E-state index in [2.05, 4.69) is 19.6 Å². The Labute approximate surface area is 209 Å². The first-order valence-electron chi connectivity index (χ1n) is 12.3. The van der Waals surface area contributed by atoms with Crippen molar-refractivity contribution in [1.82, 2.24) is 0 Å². The van der Waals surface area contributed by atoms with E-state index in [-0.39, 0.29) is 24.4 Å². The monoisotopic (exact) mass is 511 g/mol. The number of nitrogens with zero attached hydrogens (tertiary/aromatic N) is 1. The summed E-state index contributed by atoms with van der Waals surface area (Å²) in [6, 6.07) is 4.01. The van der Waals surface area contributed by atoms with E-state index in [0.717, 1.165) is 6.07 Å². The Bertz CT molecular complexity index is 986. The average molecular weight is 512 g/mol. The highest BCUT2D eigenvalue weighted by molar-refractivity contribution is 6.69. The number of ether oxygens (including phenoxy) is 1. The molecular weight excluding hydrogens is 471 g/mol. The van der Waals surface area contributed by atoms with Gasteiger partial charge in [0.1, 0.15) is 11.4 Å². The second-order valence-electron chi connectivity index (χ2n) is 11.1. The molecular formula is C25H39FN2O6Si. The van der Waals surface area contributed by atoms with Crippen LogP contribution in [0.2, 0.25) is 19.6 Å². The molecule has 0 aliphatic carbocycles. The SMILES string of the molecule is [2H]C(CCC(=O)O)(C(N)=O)c1ccc(N2CCC(CC(=O)OC(C)(C)C)(O[Si](C)(C)C)CC2)c(F)c1. The van der Waals surface area contributed by atoms with Crippen molar-refractivity contribution >= 4 is 31.9 Å². The Kier molecular flexibility index (Phi) is 8.58. The first-order valence-corrected chi connectivity index (χ1v) is 15.3. The van der Waals surface area contributed by atoms with E-state index in [9.17, 15) is 14.4 Å². The first-order chi connectivity index (χ1) is 16.4. The molecule has 3 N–H and O–H groups in total. The molecule has 1 heterocycles. The summed E-state index contributed by atoms with van der Waals surface area (Å²) in [7, 11) is -2.02. The van der Waals surface area contributed by atoms with Crippen LogP contribution < -0.4 is 10.6 Å². The molecule has 0 aromatic heterocycles. The number of benzene rings is 1. The maximum Gasteiger partial charge on any atom is 0.309 e. The Balaban J connectivity index is 2.23. The number of hydrogen-bond donors (Lipinski definition) is 2. The van der Waals surface area contributed by atoms with Gasteiger partial charge in [0.25, 0.3) is 0 Å². The summed E-state index contributed by atoms with van der Waals surface area (Å²) in [5, 5.41) is 8.94. The Morgan fingerprint density at radius 3 is 2.31 bits per heavy atom. The zero-order valence-electron chi connectivity index (χ0n) is 22.6. The van der Waals surface area contributed by atoms with Gasteiger partial charge in [-0.05, 0) is 77.4 Å². The molecule has 1 atom stereocenters. The molecule has 0 bridgehead atoms. The van der Waals surface area contributed by atoms with E-state index in [1.54, 1.807) is 0 Å². The van der Waals surface area contributed by atoms with Gasteiger partial charge in [-0.2, -0.15) is 0 Å². The minimum absolute atomic E-state index is 0.0100. The number of nitrogens with two attached hydrogens (primary N) is 1. The highest BCUT2D eigenvalue weighted by Gasteiger charge is 2.42. The summed E-state index contributed by atoms with van der Waals surface area (Å²) in [4.78, 5) is 37.4. The number of halogens is 1. The average Bonchev–Trinajstić information content (AvgIpc) is 2.69. The summed E-state index contributed by atoms with van der Waals surface area (Å²) in [6.45, 7) is 12.5. The number of hydrogen-bond acceptors (Lipinski definition) is 6. The van der Waals surface area contributed by atoms with Crippen molar-refractivity contribution in [3.05, 3.63) is 29.6 Å². The molecule has 2 rings (SSSR count). The fourth-order valence-electron chi connectivity index (χ4n) is 4.35. The van der Waals surface area contributed by atoms with Crippen LogP contribution in [0.3, 0.4) is 0 Å². The lowest BCUT2D eigenvalue weighted by atomic mass is 9.87. The molecule has 1 saturated heterocycles. The van der Waals surface area contributed by atoms with Crippen LogP contribution in [-0.2, 0) is 23.5 Å². The minimum atomic E-state index is -2.05. The van der Waals surface area contributed by atoms with E-state index >= 15 is 4.39 Å². The molecule has 1 amide bonds. The van der Waals surface area contributed by atoms with E-state index in [4.69, 9.17) is 21.4 Å². The number of anilines is 1. The van der Waals surface area contributed by atoms with Gasteiger partial charge in [-0.25, -0.2) is 4.39 Å². The van der Waals surface area contributed by atoms with E-state index in [1.165, 1.54) is 12.1 Å². The quantitative estimate of drug-likeness (QED) is 0.357. The van der Waals surface area contributed by atoms with E-state index in [1.807, 2.05) is 25.7 Å². The summed E-state index contributed by atoms with van der Waals surface area (Å²) in [5.41, 5.74) is 4.38. The number of carbonyl (C=O) groups is 3. The first kappa shape index (κ1) is 27.1. The lowest BCUT2D eigenvalue weighted by Gasteiger charge is -2.45. The number of carbonyl (C=O) groups excluding carboxylic acids is 2. The normalized spacial score (nSPS) is 18.4. The van der Waals surface area contributed by atoms with Gasteiger partial charge in [0, 0.05) is 20.9 Å². The van der Waals surface area contributed by atoms with Crippen LogP contribution in [0.1, 0.15) is 65.7 Å².